The molecule has 0 unspecified atom stereocenters. The number of hydrogen-bond acceptors (Lipinski definition) is 2. The van der Waals surface area contributed by atoms with Gasteiger partial charge in [-0.25, -0.2) is 0 Å². The highest BCUT2D eigenvalue weighted by Gasteiger charge is 2.34. The molecule has 0 amide bonds. The molecule has 0 fully saturated rings. The molecule has 0 radical (unpaired) electrons. The van der Waals surface area contributed by atoms with Crippen molar-refractivity contribution in [2.24, 2.45) is 0 Å². The first kappa shape index (κ1) is 20.6. The third kappa shape index (κ3) is 4.01. The molecular weight excluding hydrogens is 498 g/mol. The van der Waals surface area contributed by atoms with Gasteiger partial charge in [0.15, 0.2) is 12.6 Å². The molecule has 0 heterocycles. The molecule has 0 aliphatic rings. The van der Waals surface area contributed by atoms with Crippen molar-refractivity contribution in [1.29, 1.82) is 0 Å². The molecule has 2 rings (SSSR count). The van der Waals surface area contributed by atoms with Gasteiger partial charge in [-0.1, -0.05) is 31.9 Å². The number of alkyl halides is 6. The minimum absolute atomic E-state index is 0.129. The summed E-state index contributed by atoms with van der Waals surface area (Å²) >= 11 is 5.81. The van der Waals surface area contributed by atoms with E-state index >= 15 is 0 Å². The third-order valence-electron chi connectivity index (χ3n) is 3.40. The van der Waals surface area contributed by atoms with Gasteiger partial charge < -0.3 is 0 Å². The van der Waals surface area contributed by atoms with E-state index in [1.54, 1.807) is 0 Å². The van der Waals surface area contributed by atoms with Gasteiger partial charge in [0.05, 0.1) is 11.1 Å². The van der Waals surface area contributed by atoms with E-state index in [0.29, 0.717) is 24.3 Å². The molecule has 0 aromatic heterocycles. The number of halogens is 8. The number of hydrogen-bond donors (Lipinski definition) is 0. The molecule has 26 heavy (non-hydrogen) atoms. The largest absolute Gasteiger partial charge is 0.416 e. The molecule has 0 atom stereocenters. The highest BCUT2D eigenvalue weighted by Crippen LogP contribution is 2.43. The lowest BCUT2D eigenvalue weighted by Gasteiger charge is -2.17. The van der Waals surface area contributed by atoms with E-state index in [1.807, 2.05) is 0 Å². The highest BCUT2D eigenvalue weighted by molar-refractivity contribution is 9.11. The van der Waals surface area contributed by atoms with Crippen LogP contribution in [-0.4, -0.2) is 12.6 Å². The SMILES string of the molecule is O=Cc1cc(C(F)(F)F)cc(Br)c1-c1c(Br)cc(C(F)(F)F)cc1C=O. The molecule has 0 spiro atoms. The van der Waals surface area contributed by atoms with Crippen LogP contribution in [0.15, 0.2) is 33.2 Å². The Balaban J connectivity index is 2.84. The van der Waals surface area contributed by atoms with Gasteiger partial charge in [-0.05, 0) is 24.3 Å². The Morgan fingerprint density at radius 3 is 1.19 bits per heavy atom. The fraction of sp³-hybridized carbons (Fsp3) is 0.125. The fourth-order valence-electron chi connectivity index (χ4n) is 2.30. The molecule has 2 aromatic rings. The van der Waals surface area contributed by atoms with Crippen molar-refractivity contribution in [2.75, 3.05) is 0 Å². The summed E-state index contributed by atoms with van der Waals surface area (Å²) in [6.45, 7) is 0. The van der Waals surface area contributed by atoms with Crippen LogP contribution in [0.3, 0.4) is 0 Å². The van der Waals surface area contributed by atoms with Crippen LogP contribution in [0.4, 0.5) is 26.3 Å². The van der Waals surface area contributed by atoms with Crippen LogP contribution >= 0.6 is 31.9 Å². The van der Waals surface area contributed by atoms with Gasteiger partial charge in [0, 0.05) is 31.2 Å². The summed E-state index contributed by atoms with van der Waals surface area (Å²) in [7, 11) is 0. The second-order valence-corrected chi connectivity index (χ2v) is 6.78. The Morgan fingerprint density at radius 2 is 0.962 bits per heavy atom. The Morgan fingerprint density at radius 1 is 0.654 bits per heavy atom. The van der Waals surface area contributed by atoms with Crippen LogP contribution in [-0.2, 0) is 12.4 Å². The van der Waals surface area contributed by atoms with Crippen molar-refractivity contribution in [3.05, 3.63) is 55.5 Å². The number of aldehydes is 2. The first-order valence-electron chi connectivity index (χ1n) is 6.62. The topological polar surface area (TPSA) is 34.1 Å². The lowest BCUT2D eigenvalue weighted by Crippen LogP contribution is -2.09. The van der Waals surface area contributed by atoms with Crippen LogP contribution in [0.5, 0.6) is 0 Å². The molecule has 0 N–H and O–H groups in total. The Bertz CT molecular complexity index is 814. The van der Waals surface area contributed by atoms with Crippen LogP contribution in [0, 0.1) is 0 Å². The normalized spacial score (nSPS) is 12.2. The van der Waals surface area contributed by atoms with Gasteiger partial charge in [0.1, 0.15) is 0 Å². The maximum atomic E-state index is 12.9. The van der Waals surface area contributed by atoms with Crippen molar-refractivity contribution in [3.63, 3.8) is 0 Å². The van der Waals surface area contributed by atoms with E-state index in [9.17, 15) is 35.9 Å². The number of benzene rings is 2. The molecule has 0 aliphatic carbocycles. The van der Waals surface area contributed by atoms with Crippen LogP contribution < -0.4 is 0 Å². The Kier molecular flexibility index (Phi) is 5.67. The summed E-state index contributed by atoms with van der Waals surface area (Å²) < 4.78 is 77.0. The minimum Gasteiger partial charge on any atom is -0.298 e. The van der Waals surface area contributed by atoms with Gasteiger partial charge >= 0.3 is 12.4 Å². The number of carbonyl (C=O) groups excluding carboxylic acids is 2. The fourth-order valence-corrected chi connectivity index (χ4v) is 3.64. The molecular formula is C16H6Br2F6O2. The first-order chi connectivity index (χ1) is 11.9. The number of rotatable bonds is 3. The summed E-state index contributed by atoms with van der Waals surface area (Å²) in [5.41, 5.74) is -3.37. The summed E-state index contributed by atoms with van der Waals surface area (Å²) in [4.78, 5) is 22.6. The highest BCUT2D eigenvalue weighted by atomic mass is 79.9. The van der Waals surface area contributed by atoms with Crippen LogP contribution in [0.2, 0.25) is 0 Å². The van der Waals surface area contributed by atoms with Crippen molar-refractivity contribution >= 4 is 44.4 Å². The molecule has 0 aliphatic heterocycles. The second kappa shape index (κ2) is 7.15. The minimum atomic E-state index is -4.73. The predicted octanol–water partition coefficient (Wildman–Crippen LogP) is 6.54. The smallest absolute Gasteiger partial charge is 0.298 e. The van der Waals surface area contributed by atoms with Gasteiger partial charge in [0.25, 0.3) is 0 Å². The lowest BCUT2D eigenvalue weighted by molar-refractivity contribution is -0.138. The van der Waals surface area contributed by atoms with E-state index < -0.39 is 34.6 Å². The van der Waals surface area contributed by atoms with E-state index in [2.05, 4.69) is 31.9 Å². The summed E-state index contributed by atoms with van der Waals surface area (Å²) in [5, 5.41) is 0. The maximum Gasteiger partial charge on any atom is 0.416 e. The maximum absolute atomic E-state index is 12.9. The zero-order chi connectivity index (χ0) is 19.9. The van der Waals surface area contributed by atoms with Crippen molar-refractivity contribution in [3.8, 4) is 11.1 Å². The quantitative estimate of drug-likeness (QED) is 0.352. The monoisotopic (exact) mass is 502 g/mol. The van der Waals surface area contributed by atoms with Crippen LogP contribution in [0.25, 0.3) is 11.1 Å². The molecule has 0 bridgehead atoms. The molecule has 0 saturated carbocycles. The molecule has 0 saturated heterocycles. The summed E-state index contributed by atoms with van der Waals surface area (Å²) in [6.07, 6.45) is -9.20. The zero-order valence-corrected chi connectivity index (χ0v) is 15.5. The van der Waals surface area contributed by atoms with Crippen molar-refractivity contribution < 1.29 is 35.9 Å². The standard InChI is InChI=1S/C16H6Br2F6O2/c17-11-3-9(15(19,20)21)1-7(5-25)13(11)14-8(6-26)2-10(4-12(14)18)16(22,23)24/h1-6H. The van der Waals surface area contributed by atoms with Crippen LogP contribution in [0.1, 0.15) is 31.8 Å². The Labute approximate surface area is 159 Å². The molecule has 2 aromatic carbocycles. The molecule has 2 nitrogen and oxygen atoms in total. The Hall–Kier alpha value is -1.68. The number of carbonyl (C=O) groups is 2. The molecule has 138 valence electrons. The van der Waals surface area contributed by atoms with Crippen molar-refractivity contribution in [1.82, 2.24) is 0 Å². The van der Waals surface area contributed by atoms with Gasteiger partial charge in [-0.15, -0.1) is 0 Å². The van der Waals surface area contributed by atoms with E-state index in [-0.39, 0.29) is 32.6 Å². The average molecular weight is 504 g/mol. The second-order valence-electron chi connectivity index (χ2n) is 5.08. The van der Waals surface area contributed by atoms with E-state index in [4.69, 9.17) is 0 Å². The van der Waals surface area contributed by atoms with E-state index in [0.717, 1.165) is 0 Å². The lowest BCUT2D eigenvalue weighted by atomic mass is 9.93. The zero-order valence-electron chi connectivity index (χ0n) is 12.3. The summed E-state index contributed by atoms with van der Waals surface area (Å²) in [5.74, 6) is 0. The van der Waals surface area contributed by atoms with Gasteiger partial charge in [0.2, 0.25) is 0 Å². The average Bonchev–Trinajstić information content (AvgIpc) is 2.52. The first-order valence-corrected chi connectivity index (χ1v) is 8.21. The van der Waals surface area contributed by atoms with Crippen molar-refractivity contribution in [2.45, 2.75) is 12.4 Å². The van der Waals surface area contributed by atoms with Gasteiger partial charge in [-0.2, -0.15) is 26.3 Å². The molecule has 10 heteroatoms. The van der Waals surface area contributed by atoms with Gasteiger partial charge in [-0.3, -0.25) is 9.59 Å². The predicted molar refractivity (Wildman–Crippen MR) is 88.1 cm³/mol. The summed E-state index contributed by atoms with van der Waals surface area (Å²) in [6, 6.07) is 2.49. The van der Waals surface area contributed by atoms with E-state index in [1.165, 1.54) is 0 Å². The third-order valence-corrected chi connectivity index (χ3v) is 4.65.